The van der Waals surface area contributed by atoms with Gasteiger partial charge in [0.25, 0.3) is 0 Å². The molecule has 0 N–H and O–H groups in total. The van der Waals surface area contributed by atoms with Gasteiger partial charge in [-0.3, -0.25) is 4.99 Å². The first-order valence-electron chi connectivity index (χ1n) is 8.98. The number of nitrogens with zero attached hydrogens (tertiary/aromatic N) is 3. The Labute approximate surface area is 180 Å². The van der Waals surface area contributed by atoms with Crippen LogP contribution in [0.4, 0.5) is 0 Å². The largest absolute Gasteiger partial charge is 0.503 e. The number of esters is 1. The molecule has 0 aliphatic rings. The van der Waals surface area contributed by atoms with E-state index in [9.17, 15) is 10.1 Å². The van der Waals surface area contributed by atoms with E-state index >= 15 is 0 Å². The van der Waals surface area contributed by atoms with Crippen LogP contribution in [0, 0.1) is 11.3 Å². The molecule has 0 amide bonds. The quantitative estimate of drug-likeness (QED) is 0.212. The Morgan fingerprint density at radius 1 is 1.06 bits per heavy atom. The second-order valence-corrected chi connectivity index (χ2v) is 5.77. The molecule has 0 fully saturated rings. The van der Waals surface area contributed by atoms with Crippen LogP contribution in [-0.4, -0.2) is 39.9 Å². The minimum Gasteiger partial charge on any atom is -0.503 e. The lowest BCUT2D eigenvalue weighted by atomic mass is 10.1. The van der Waals surface area contributed by atoms with Gasteiger partial charge in [0.1, 0.15) is 23.1 Å². The van der Waals surface area contributed by atoms with Gasteiger partial charge < -0.3 is 18.9 Å². The van der Waals surface area contributed by atoms with E-state index in [-0.39, 0.29) is 17.4 Å². The van der Waals surface area contributed by atoms with Gasteiger partial charge in [0.15, 0.2) is 0 Å². The van der Waals surface area contributed by atoms with E-state index in [2.05, 4.69) is 22.8 Å². The Morgan fingerprint density at radius 2 is 1.74 bits per heavy atom. The van der Waals surface area contributed by atoms with E-state index in [0.29, 0.717) is 22.6 Å². The third kappa shape index (κ3) is 6.05. The standard InChI is InChI=1S/C23H21N3O5/c1-25-21(30-19-11-7-5-9-16(19)14-24)13-22(26-2)31-20-12-8-6-10-17(20)18(15-28-3)23(27)29-4/h5-13,15H,2H2,1,3-4H3/b18-15+,22-13+,25-21?. The topological polar surface area (TPSA) is 103 Å². The third-order valence-electron chi connectivity index (χ3n) is 3.88. The van der Waals surface area contributed by atoms with Crippen LogP contribution in [-0.2, 0) is 14.3 Å². The van der Waals surface area contributed by atoms with Crippen LogP contribution in [0.5, 0.6) is 11.5 Å². The zero-order valence-electron chi connectivity index (χ0n) is 17.4. The highest BCUT2D eigenvalue weighted by Crippen LogP contribution is 2.29. The normalized spacial score (nSPS) is 11.9. The van der Waals surface area contributed by atoms with Crippen LogP contribution in [0.15, 0.2) is 76.7 Å². The molecule has 0 radical (unpaired) electrons. The number of ether oxygens (including phenoxy) is 4. The van der Waals surface area contributed by atoms with Crippen LogP contribution in [0.3, 0.4) is 0 Å². The van der Waals surface area contributed by atoms with E-state index in [4.69, 9.17) is 18.9 Å². The Morgan fingerprint density at radius 3 is 2.35 bits per heavy atom. The highest BCUT2D eigenvalue weighted by Gasteiger charge is 2.18. The number of aliphatic imine (C=N–C) groups is 2. The molecule has 0 saturated carbocycles. The zero-order valence-corrected chi connectivity index (χ0v) is 17.4. The molecule has 0 aliphatic heterocycles. The number of nitriles is 1. The van der Waals surface area contributed by atoms with Crippen molar-refractivity contribution in [3.8, 4) is 17.6 Å². The van der Waals surface area contributed by atoms with Gasteiger partial charge in [-0.15, -0.1) is 0 Å². The van der Waals surface area contributed by atoms with Gasteiger partial charge in [0.05, 0.1) is 32.1 Å². The summed E-state index contributed by atoms with van der Waals surface area (Å²) in [6, 6.07) is 15.6. The fourth-order valence-corrected chi connectivity index (χ4v) is 2.45. The van der Waals surface area contributed by atoms with Crippen molar-refractivity contribution < 1.29 is 23.7 Å². The Kier molecular flexibility index (Phi) is 8.56. The Hall–Kier alpha value is -4.38. The van der Waals surface area contributed by atoms with Gasteiger partial charge in [-0.25, -0.2) is 9.79 Å². The highest BCUT2D eigenvalue weighted by molar-refractivity contribution is 6.17. The minimum atomic E-state index is -0.595. The molecule has 31 heavy (non-hydrogen) atoms. The number of hydrogen-bond acceptors (Lipinski definition) is 8. The van der Waals surface area contributed by atoms with Crippen molar-refractivity contribution in [1.29, 1.82) is 5.26 Å². The number of carbonyl (C=O) groups is 1. The van der Waals surface area contributed by atoms with Gasteiger partial charge in [-0.05, 0) is 24.9 Å². The molecule has 0 aromatic heterocycles. The van der Waals surface area contributed by atoms with Gasteiger partial charge in [-0.2, -0.15) is 5.26 Å². The molecule has 0 atom stereocenters. The average molecular weight is 419 g/mol. The van der Waals surface area contributed by atoms with Crippen LogP contribution in [0.2, 0.25) is 0 Å². The first-order chi connectivity index (χ1) is 15.1. The maximum Gasteiger partial charge on any atom is 0.341 e. The molecule has 0 saturated heterocycles. The second kappa shape index (κ2) is 11.6. The van der Waals surface area contributed by atoms with Crippen molar-refractivity contribution in [3.05, 3.63) is 77.9 Å². The lowest BCUT2D eigenvalue weighted by Crippen LogP contribution is -2.10. The molecule has 8 nitrogen and oxygen atoms in total. The van der Waals surface area contributed by atoms with E-state index in [1.807, 2.05) is 0 Å². The molecule has 0 unspecified atom stereocenters. The van der Waals surface area contributed by atoms with Gasteiger partial charge in [0, 0.05) is 12.6 Å². The monoisotopic (exact) mass is 419 g/mol. The molecule has 2 aromatic carbocycles. The summed E-state index contributed by atoms with van der Waals surface area (Å²) >= 11 is 0. The molecule has 158 valence electrons. The number of hydrogen-bond donors (Lipinski definition) is 0. The molecular weight excluding hydrogens is 398 g/mol. The summed E-state index contributed by atoms with van der Waals surface area (Å²) in [4.78, 5) is 20.1. The summed E-state index contributed by atoms with van der Waals surface area (Å²) in [5.74, 6) is 0.249. The number of methoxy groups -OCH3 is 2. The van der Waals surface area contributed by atoms with Gasteiger partial charge in [-0.1, -0.05) is 30.3 Å². The van der Waals surface area contributed by atoms with Crippen LogP contribution < -0.4 is 9.47 Å². The van der Waals surface area contributed by atoms with Crippen molar-refractivity contribution in [1.82, 2.24) is 0 Å². The fraction of sp³-hybridized carbons (Fsp3) is 0.130. The summed E-state index contributed by atoms with van der Waals surface area (Å²) in [6.45, 7) is 3.51. The summed E-state index contributed by atoms with van der Waals surface area (Å²) < 4.78 is 21.4. The summed E-state index contributed by atoms with van der Waals surface area (Å²) in [6.07, 6.45) is 2.68. The molecular formula is C23H21N3O5. The molecule has 0 spiro atoms. The number of para-hydroxylation sites is 2. The number of rotatable bonds is 8. The highest BCUT2D eigenvalue weighted by atomic mass is 16.5. The number of benzene rings is 2. The number of carbonyl (C=O) groups excluding carboxylic acids is 1. The molecule has 8 heteroatoms. The Bertz CT molecular complexity index is 1080. The third-order valence-corrected chi connectivity index (χ3v) is 3.88. The van der Waals surface area contributed by atoms with Gasteiger partial charge in [0.2, 0.25) is 11.8 Å². The summed E-state index contributed by atoms with van der Waals surface area (Å²) in [5, 5.41) is 9.23. The van der Waals surface area contributed by atoms with E-state index < -0.39 is 5.97 Å². The lowest BCUT2D eigenvalue weighted by Gasteiger charge is -2.13. The average Bonchev–Trinajstić information content (AvgIpc) is 2.81. The van der Waals surface area contributed by atoms with Crippen molar-refractivity contribution in [2.45, 2.75) is 0 Å². The molecule has 0 heterocycles. The minimum absolute atomic E-state index is 0.0594. The molecule has 2 aromatic rings. The maximum absolute atomic E-state index is 12.2. The van der Waals surface area contributed by atoms with Crippen LogP contribution in [0.1, 0.15) is 11.1 Å². The first kappa shape index (κ1) is 22.9. The molecule has 2 rings (SSSR count). The van der Waals surface area contributed by atoms with E-state index in [1.54, 1.807) is 48.5 Å². The summed E-state index contributed by atoms with van der Waals surface area (Å²) in [7, 11) is 4.21. The second-order valence-electron chi connectivity index (χ2n) is 5.77. The van der Waals surface area contributed by atoms with Crippen LogP contribution >= 0.6 is 0 Å². The van der Waals surface area contributed by atoms with E-state index in [1.165, 1.54) is 33.6 Å². The van der Waals surface area contributed by atoms with E-state index in [0.717, 1.165) is 0 Å². The lowest BCUT2D eigenvalue weighted by molar-refractivity contribution is -0.133. The predicted molar refractivity (Wildman–Crippen MR) is 117 cm³/mol. The zero-order chi connectivity index (χ0) is 22.6. The first-order valence-corrected chi connectivity index (χ1v) is 8.98. The van der Waals surface area contributed by atoms with Crippen LogP contribution in [0.25, 0.3) is 5.57 Å². The van der Waals surface area contributed by atoms with Crippen molar-refractivity contribution >= 4 is 24.2 Å². The molecule has 0 bridgehead atoms. The molecule has 0 aliphatic carbocycles. The van der Waals surface area contributed by atoms with Gasteiger partial charge >= 0.3 is 5.97 Å². The summed E-state index contributed by atoms with van der Waals surface area (Å²) in [5.41, 5.74) is 0.938. The smallest absolute Gasteiger partial charge is 0.341 e. The Balaban J connectivity index is 2.37. The van der Waals surface area contributed by atoms with Crippen molar-refractivity contribution in [2.24, 2.45) is 9.98 Å². The maximum atomic E-state index is 12.2. The predicted octanol–water partition coefficient (Wildman–Crippen LogP) is 3.75. The van der Waals surface area contributed by atoms with Crippen molar-refractivity contribution in [3.63, 3.8) is 0 Å². The fourth-order valence-electron chi connectivity index (χ4n) is 2.45. The SMILES string of the molecule is C=N/C(=C\C(=NC)Oc1ccccc1C#N)Oc1ccccc1/C(=C\OC)C(=O)OC. The van der Waals surface area contributed by atoms with Crippen molar-refractivity contribution in [2.75, 3.05) is 21.3 Å².